The lowest BCUT2D eigenvalue weighted by Gasteiger charge is -2.17. The molecule has 0 fully saturated rings. The summed E-state index contributed by atoms with van der Waals surface area (Å²) in [4.78, 5) is 22.7. The molecular weight excluding hydrogens is 258 g/mol. The lowest BCUT2D eigenvalue weighted by atomic mass is 10.1. The fraction of sp³-hybridized carbons (Fsp3) is 0.333. The molecule has 98 valence electrons. The average Bonchev–Trinajstić information content (AvgIpc) is 2.23. The zero-order valence-corrected chi connectivity index (χ0v) is 10.7. The third-order valence-corrected chi connectivity index (χ3v) is 2.56. The van der Waals surface area contributed by atoms with Crippen molar-refractivity contribution in [1.29, 1.82) is 0 Å². The number of carbonyl (C=O) groups is 2. The standard InChI is InChI=1S/C12H14ClNO4/c1-6-3-8(5-9(13)4-6)11(16)14-10(7(2)15)12(17)18/h3-5,7,10,15H,1-2H3,(H,14,16)(H,17,18)/t7-,10+/m1/s1. The first-order valence-electron chi connectivity index (χ1n) is 5.30. The van der Waals surface area contributed by atoms with Gasteiger partial charge in [0.2, 0.25) is 0 Å². The highest BCUT2D eigenvalue weighted by molar-refractivity contribution is 6.31. The van der Waals surface area contributed by atoms with Crippen molar-refractivity contribution in [3.63, 3.8) is 0 Å². The molecule has 18 heavy (non-hydrogen) atoms. The fourth-order valence-electron chi connectivity index (χ4n) is 1.48. The summed E-state index contributed by atoms with van der Waals surface area (Å²) in [6.07, 6.45) is -1.19. The number of nitrogens with one attached hydrogen (secondary N) is 1. The summed E-state index contributed by atoms with van der Waals surface area (Å²) in [5.74, 6) is -1.88. The predicted molar refractivity (Wildman–Crippen MR) is 66.8 cm³/mol. The summed E-state index contributed by atoms with van der Waals surface area (Å²) in [5, 5.41) is 20.7. The topological polar surface area (TPSA) is 86.6 Å². The van der Waals surface area contributed by atoms with Crippen LogP contribution in [0.25, 0.3) is 0 Å². The van der Waals surface area contributed by atoms with Gasteiger partial charge in [0.05, 0.1) is 6.10 Å². The van der Waals surface area contributed by atoms with Crippen molar-refractivity contribution < 1.29 is 19.8 Å². The Morgan fingerprint density at radius 2 is 1.94 bits per heavy atom. The number of carboxylic acids is 1. The molecule has 6 heteroatoms. The molecule has 1 aromatic carbocycles. The first kappa shape index (κ1) is 14.5. The van der Waals surface area contributed by atoms with Gasteiger partial charge in [0.1, 0.15) is 0 Å². The van der Waals surface area contributed by atoms with Crippen LogP contribution in [-0.4, -0.2) is 34.2 Å². The van der Waals surface area contributed by atoms with Crippen LogP contribution < -0.4 is 5.32 Å². The normalized spacial score (nSPS) is 13.8. The Morgan fingerprint density at radius 1 is 1.33 bits per heavy atom. The molecule has 0 aliphatic heterocycles. The molecule has 0 aromatic heterocycles. The van der Waals surface area contributed by atoms with E-state index in [2.05, 4.69) is 5.32 Å². The molecule has 2 atom stereocenters. The van der Waals surface area contributed by atoms with Crippen molar-refractivity contribution in [2.24, 2.45) is 0 Å². The van der Waals surface area contributed by atoms with E-state index in [0.29, 0.717) is 5.02 Å². The molecule has 0 bridgehead atoms. The summed E-state index contributed by atoms with van der Waals surface area (Å²) in [7, 11) is 0. The van der Waals surface area contributed by atoms with Crippen LogP contribution in [0.3, 0.4) is 0 Å². The van der Waals surface area contributed by atoms with Crippen molar-refractivity contribution in [3.8, 4) is 0 Å². The van der Waals surface area contributed by atoms with Crippen molar-refractivity contribution >= 4 is 23.5 Å². The Bertz CT molecular complexity index is 453. The minimum atomic E-state index is -1.35. The van der Waals surface area contributed by atoms with Crippen molar-refractivity contribution in [3.05, 3.63) is 34.3 Å². The third-order valence-electron chi connectivity index (χ3n) is 2.34. The molecule has 0 radical (unpaired) electrons. The van der Waals surface area contributed by atoms with Gasteiger partial charge >= 0.3 is 5.97 Å². The van der Waals surface area contributed by atoms with E-state index in [1.165, 1.54) is 13.0 Å². The highest BCUT2D eigenvalue weighted by atomic mass is 35.5. The van der Waals surface area contributed by atoms with E-state index < -0.39 is 24.0 Å². The molecule has 3 N–H and O–H groups in total. The molecule has 5 nitrogen and oxygen atoms in total. The molecule has 1 aromatic rings. The first-order valence-corrected chi connectivity index (χ1v) is 5.68. The molecule has 0 heterocycles. The molecule has 1 amide bonds. The van der Waals surface area contributed by atoms with E-state index in [1.54, 1.807) is 19.1 Å². The van der Waals surface area contributed by atoms with Gasteiger partial charge in [-0.15, -0.1) is 0 Å². The van der Waals surface area contributed by atoms with Gasteiger partial charge in [0.15, 0.2) is 6.04 Å². The van der Waals surface area contributed by atoms with E-state index in [4.69, 9.17) is 16.7 Å². The smallest absolute Gasteiger partial charge is 0.328 e. The number of carboxylic acid groups (broad SMARTS) is 1. The summed E-state index contributed by atoms with van der Waals surface area (Å²) < 4.78 is 0. The Kier molecular flexibility index (Phi) is 4.69. The number of amides is 1. The Balaban J connectivity index is 2.90. The minimum Gasteiger partial charge on any atom is -0.480 e. The first-order chi connectivity index (χ1) is 8.31. The van der Waals surface area contributed by atoms with E-state index in [-0.39, 0.29) is 5.56 Å². The second-order valence-corrected chi connectivity index (χ2v) is 4.48. The quantitative estimate of drug-likeness (QED) is 0.768. The Labute approximate surface area is 109 Å². The van der Waals surface area contributed by atoms with Crippen molar-refractivity contribution in [2.75, 3.05) is 0 Å². The van der Waals surface area contributed by atoms with Crippen molar-refractivity contribution in [2.45, 2.75) is 26.0 Å². The number of aliphatic hydroxyl groups is 1. The number of rotatable bonds is 4. The maximum absolute atomic E-state index is 11.8. The summed E-state index contributed by atoms with van der Waals surface area (Å²) in [6, 6.07) is 3.35. The molecule has 0 unspecified atom stereocenters. The summed E-state index contributed by atoms with van der Waals surface area (Å²) in [6.45, 7) is 3.06. The maximum atomic E-state index is 11.8. The lowest BCUT2D eigenvalue weighted by molar-refractivity contribution is -0.141. The van der Waals surface area contributed by atoms with Gasteiger partial charge < -0.3 is 15.5 Å². The highest BCUT2D eigenvalue weighted by Gasteiger charge is 2.25. The monoisotopic (exact) mass is 271 g/mol. The largest absolute Gasteiger partial charge is 0.480 e. The lowest BCUT2D eigenvalue weighted by Crippen LogP contribution is -2.47. The number of halogens is 1. The molecule has 0 saturated heterocycles. The molecule has 0 aliphatic rings. The van der Waals surface area contributed by atoms with E-state index in [1.807, 2.05) is 0 Å². The number of aryl methyl sites for hydroxylation is 1. The predicted octanol–water partition coefficient (Wildman–Crippen LogP) is 1.21. The van der Waals surface area contributed by atoms with Crippen LogP contribution >= 0.6 is 11.6 Å². The molecule has 0 aliphatic carbocycles. The number of hydrogen-bond donors (Lipinski definition) is 3. The van der Waals surface area contributed by atoms with Gasteiger partial charge in [-0.25, -0.2) is 4.79 Å². The van der Waals surface area contributed by atoms with Gasteiger partial charge in [0, 0.05) is 10.6 Å². The molecule has 1 rings (SSSR count). The van der Waals surface area contributed by atoms with Crippen LogP contribution in [-0.2, 0) is 4.79 Å². The van der Waals surface area contributed by atoms with E-state index >= 15 is 0 Å². The van der Waals surface area contributed by atoms with Crippen LogP contribution in [0.1, 0.15) is 22.8 Å². The second-order valence-electron chi connectivity index (χ2n) is 4.05. The molecular formula is C12H14ClNO4. The number of carbonyl (C=O) groups excluding carboxylic acids is 1. The van der Waals surface area contributed by atoms with E-state index in [9.17, 15) is 14.7 Å². The Morgan fingerprint density at radius 3 is 2.39 bits per heavy atom. The zero-order chi connectivity index (χ0) is 13.9. The average molecular weight is 272 g/mol. The summed E-state index contributed by atoms with van der Waals surface area (Å²) >= 11 is 5.81. The number of hydrogen-bond acceptors (Lipinski definition) is 3. The number of benzene rings is 1. The van der Waals surface area contributed by atoms with Gasteiger partial charge in [-0.05, 0) is 37.6 Å². The second kappa shape index (κ2) is 5.84. The molecule has 0 spiro atoms. The highest BCUT2D eigenvalue weighted by Crippen LogP contribution is 2.14. The third kappa shape index (κ3) is 3.72. The Hall–Kier alpha value is -1.59. The van der Waals surface area contributed by atoms with Crippen molar-refractivity contribution in [1.82, 2.24) is 5.32 Å². The van der Waals surface area contributed by atoms with Crippen LogP contribution in [0, 0.1) is 6.92 Å². The zero-order valence-electron chi connectivity index (χ0n) is 9.98. The number of aliphatic hydroxyl groups excluding tert-OH is 1. The van der Waals surface area contributed by atoms with Gasteiger partial charge in [-0.1, -0.05) is 11.6 Å². The van der Waals surface area contributed by atoms with Gasteiger partial charge in [-0.2, -0.15) is 0 Å². The van der Waals surface area contributed by atoms with E-state index in [0.717, 1.165) is 5.56 Å². The SMILES string of the molecule is Cc1cc(Cl)cc(C(=O)N[C@H](C(=O)O)[C@@H](C)O)c1. The van der Waals surface area contributed by atoms with Crippen LogP contribution in [0.4, 0.5) is 0 Å². The maximum Gasteiger partial charge on any atom is 0.328 e. The van der Waals surface area contributed by atoms with Gasteiger partial charge in [-0.3, -0.25) is 4.79 Å². The van der Waals surface area contributed by atoms with Crippen LogP contribution in [0.5, 0.6) is 0 Å². The summed E-state index contributed by atoms with van der Waals surface area (Å²) in [5.41, 5.74) is 1.04. The van der Waals surface area contributed by atoms with Gasteiger partial charge in [0.25, 0.3) is 5.91 Å². The fourth-order valence-corrected chi connectivity index (χ4v) is 1.77. The molecule has 0 saturated carbocycles. The van der Waals surface area contributed by atoms with Crippen LogP contribution in [0.15, 0.2) is 18.2 Å². The van der Waals surface area contributed by atoms with Crippen LogP contribution in [0.2, 0.25) is 5.02 Å². The number of aliphatic carboxylic acids is 1. The minimum absolute atomic E-state index is 0.256.